The topological polar surface area (TPSA) is 29.9 Å². The van der Waals surface area contributed by atoms with Crippen molar-refractivity contribution in [3.05, 3.63) is 18.0 Å². The number of hydrogen-bond donors (Lipinski definition) is 1. The van der Waals surface area contributed by atoms with E-state index < -0.39 is 0 Å². The van der Waals surface area contributed by atoms with Gasteiger partial charge in [0.1, 0.15) is 0 Å². The number of aromatic nitrogens is 2. The first kappa shape index (κ1) is 10.6. The van der Waals surface area contributed by atoms with E-state index in [2.05, 4.69) is 29.7 Å². The van der Waals surface area contributed by atoms with Crippen LogP contribution in [0.4, 0.5) is 0 Å². The minimum absolute atomic E-state index is 0.878. The van der Waals surface area contributed by atoms with Gasteiger partial charge in [-0.1, -0.05) is 6.92 Å². The van der Waals surface area contributed by atoms with Gasteiger partial charge in [0.2, 0.25) is 0 Å². The van der Waals surface area contributed by atoms with E-state index in [9.17, 15) is 0 Å². The highest BCUT2D eigenvalue weighted by Gasteiger charge is 1.96. The molecule has 13 heavy (non-hydrogen) atoms. The van der Waals surface area contributed by atoms with Crippen molar-refractivity contribution in [2.45, 2.75) is 20.0 Å². The van der Waals surface area contributed by atoms with Crippen molar-refractivity contribution < 1.29 is 0 Å². The minimum atomic E-state index is 0.878. The molecular formula is C9H17N3S. The highest BCUT2D eigenvalue weighted by molar-refractivity contribution is 7.98. The molecular weight excluding hydrogens is 182 g/mol. The quantitative estimate of drug-likeness (QED) is 0.750. The predicted octanol–water partition coefficient (Wildman–Crippen LogP) is 1.36. The molecule has 0 fully saturated rings. The summed E-state index contributed by atoms with van der Waals surface area (Å²) < 4.78 is 2.00. The van der Waals surface area contributed by atoms with Gasteiger partial charge in [-0.15, -0.1) is 0 Å². The van der Waals surface area contributed by atoms with Crippen LogP contribution in [0.1, 0.15) is 12.6 Å². The van der Waals surface area contributed by atoms with E-state index >= 15 is 0 Å². The van der Waals surface area contributed by atoms with E-state index in [1.807, 2.05) is 22.6 Å². The Morgan fingerprint density at radius 1 is 1.62 bits per heavy atom. The van der Waals surface area contributed by atoms with Crippen LogP contribution < -0.4 is 5.32 Å². The summed E-state index contributed by atoms with van der Waals surface area (Å²) in [7, 11) is 0. The van der Waals surface area contributed by atoms with Crippen LogP contribution in [0.25, 0.3) is 0 Å². The summed E-state index contributed by atoms with van der Waals surface area (Å²) in [6, 6.07) is 2.07. The molecule has 0 saturated heterocycles. The van der Waals surface area contributed by atoms with Crippen LogP contribution in [-0.2, 0) is 13.1 Å². The molecule has 0 aliphatic rings. The Labute approximate surface area is 83.9 Å². The van der Waals surface area contributed by atoms with Crippen LogP contribution in [0, 0.1) is 0 Å². The number of nitrogens with zero attached hydrogens (tertiary/aromatic N) is 2. The Hall–Kier alpha value is -0.480. The molecule has 4 heteroatoms. The minimum Gasteiger partial charge on any atom is -0.311 e. The molecule has 0 aliphatic heterocycles. The first-order chi connectivity index (χ1) is 6.36. The standard InChI is InChI=1S/C9H17N3S/c1-3-10-8-9-4-5-12(11-9)6-7-13-2/h4-5,10H,3,6-8H2,1-2H3. The summed E-state index contributed by atoms with van der Waals surface area (Å²) in [5, 5.41) is 7.68. The zero-order valence-corrected chi connectivity index (χ0v) is 9.10. The first-order valence-corrected chi connectivity index (χ1v) is 5.98. The molecule has 0 unspecified atom stereocenters. The van der Waals surface area contributed by atoms with Crippen LogP contribution in [-0.4, -0.2) is 28.3 Å². The molecule has 1 aromatic heterocycles. The Bertz CT molecular complexity index is 212. The zero-order valence-electron chi connectivity index (χ0n) is 8.29. The van der Waals surface area contributed by atoms with Gasteiger partial charge >= 0.3 is 0 Å². The molecule has 3 nitrogen and oxygen atoms in total. The van der Waals surface area contributed by atoms with Gasteiger partial charge in [-0.25, -0.2) is 0 Å². The SMILES string of the molecule is CCNCc1ccn(CCSC)n1. The van der Waals surface area contributed by atoms with Gasteiger partial charge < -0.3 is 5.32 Å². The van der Waals surface area contributed by atoms with Gasteiger partial charge in [-0.05, 0) is 18.9 Å². The molecule has 0 amide bonds. The van der Waals surface area contributed by atoms with Gasteiger partial charge in [0.05, 0.1) is 5.69 Å². The fraction of sp³-hybridized carbons (Fsp3) is 0.667. The van der Waals surface area contributed by atoms with Gasteiger partial charge in [0.25, 0.3) is 0 Å². The molecule has 0 aliphatic carbocycles. The number of nitrogens with one attached hydrogen (secondary N) is 1. The highest BCUT2D eigenvalue weighted by Crippen LogP contribution is 1.98. The average molecular weight is 199 g/mol. The summed E-state index contributed by atoms with van der Waals surface area (Å²) in [6.07, 6.45) is 4.16. The molecule has 1 heterocycles. The Balaban J connectivity index is 2.34. The fourth-order valence-corrected chi connectivity index (χ4v) is 1.43. The van der Waals surface area contributed by atoms with Gasteiger partial charge in [-0.3, -0.25) is 4.68 Å². The van der Waals surface area contributed by atoms with Crippen LogP contribution >= 0.6 is 11.8 Å². The lowest BCUT2D eigenvalue weighted by Crippen LogP contribution is -2.12. The lowest BCUT2D eigenvalue weighted by molar-refractivity contribution is 0.632. The Morgan fingerprint density at radius 2 is 2.46 bits per heavy atom. The van der Waals surface area contributed by atoms with Crippen molar-refractivity contribution >= 4 is 11.8 Å². The maximum Gasteiger partial charge on any atom is 0.0762 e. The van der Waals surface area contributed by atoms with Crippen LogP contribution in [0.15, 0.2) is 12.3 Å². The van der Waals surface area contributed by atoms with E-state index in [1.165, 1.54) is 0 Å². The van der Waals surface area contributed by atoms with Gasteiger partial charge in [-0.2, -0.15) is 16.9 Å². The summed E-state index contributed by atoms with van der Waals surface area (Å²) in [4.78, 5) is 0. The molecule has 0 bridgehead atoms. The van der Waals surface area contributed by atoms with Crippen LogP contribution in [0.3, 0.4) is 0 Å². The molecule has 1 rings (SSSR count). The lowest BCUT2D eigenvalue weighted by Gasteiger charge is -1.99. The average Bonchev–Trinajstić information content (AvgIpc) is 2.59. The number of hydrogen-bond acceptors (Lipinski definition) is 3. The van der Waals surface area contributed by atoms with E-state index in [1.54, 1.807) is 0 Å². The first-order valence-electron chi connectivity index (χ1n) is 4.58. The third-order valence-corrected chi connectivity index (χ3v) is 2.37. The number of aryl methyl sites for hydroxylation is 1. The molecule has 0 saturated carbocycles. The van der Waals surface area contributed by atoms with Crippen LogP contribution in [0.2, 0.25) is 0 Å². The van der Waals surface area contributed by atoms with Crippen molar-refractivity contribution in [1.82, 2.24) is 15.1 Å². The molecule has 1 N–H and O–H groups in total. The molecule has 0 spiro atoms. The van der Waals surface area contributed by atoms with Crippen molar-refractivity contribution in [2.24, 2.45) is 0 Å². The Morgan fingerprint density at radius 3 is 3.15 bits per heavy atom. The molecule has 0 aromatic carbocycles. The van der Waals surface area contributed by atoms with Crippen molar-refractivity contribution in [2.75, 3.05) is 18.6 Å². The third kappa shape index (κ3) is 3.83. The highest BCUT2D eigenvalue weighted by atomic mass is 32.2. The number of rotatable bonds is 6. The van der Waals surface area contributed by atoms with E-state index in [4.69, 9.17) is 0 Å². The summed E-state index contributed by atoms with van der Waals surface area (Å²) in [5.74, 6) is 1.13. The van der Waals surface area contributed by atoms with E-state index in [0.717, 1.165) is 31.1 Å². The van der Waals surface area contributed by atoms with Crippen molar-refractivity contribution in [3.63, 3.8) is 0 Å². The Kier molecular flexibility index (Phi) is 4.93. The third-order valence-electron chi connectivity index (χ3n) is 1.78. The lowest BCUT2D eigenvalue weighted by atomic mass is 10.4. The van der Waals surface area contributed by atoms with Crippen molar-refractivity contribution in [1.29, 1.82) is 0 Å². The van der Waals surface area contributed by atoms with Gasteiger partial charge in [0.15, 0.2) is 0 Å². The second-order valence-corrected chi connectivity index (χ2v) is 3.83. The molecule has 0 atom stereocenters. The van der Waals surface area contributed by atoms with E-state index in [0.29, 0.717) is 0 Å². The summed E-state index contributed by atoms with van der Waals surface area (Å²) in [5.41, 5.74) is 1.13. The largest absolute Gasteiger partial charge is 0.311 e. The zero-order chi connectivity index (χ0) is 9.52. The van der Waals surface area contributed by atoms with Crippen molar-refractivity contribution in [3.8, 4) is 0 Å². The maximum absolute atomic E-state index is 4.43. The molecule has 0 radical (unpaired) electrons. The summed E-state index contributed by atoms with van der Waals surface area (Å²) >= 11 is 1.85. The molecule has 1 aromatic rings. The second kappa shape index (κ2) is 6.05. The summed E-state index contributed by atoms with van der Waals surface area (Å²) in [6.45, 7) is 4.98. The van der Waals surface area contributed by atoms with Gasteiger partial charge in [0, 0.05) is 25.0 Å². The monoisotopic (exact) mass is 199 g/mol. The van der Waals surface area contributed by atoms with E-state index in [-0.39, 0.29) is 0 Å². The number of thioether (sulfide) groups is 1. The second-order valence-electron chi connectivity index (χ2n) is 2.84. The predicted molar refractivity (Wildman–Crippen MR) is 58.0 cm³/mol. The fourth-order valence-electron chi connectivity index (χ4n) is 1.06. The maximum atomic E-state index is 4.43. The van der Waals surface area contributed by atoms with Crippen LogP contribution in [0.5, 0.6) is 0 Å². The normalized spacial score (nSPS) is 10.6. The smallest absolute Gasteiger partial charge is 0.0762 e. The molecule has 74 valence electrons.